The summed E-state index contributed by atoms with van der Waals surface area (Å²) >= 11 is 0. The molecule has 0 radical (unpaired) electrons. The summed E-state index contributed by atoms with van der Waals surface area (Å²) in [6, 6.07) is 15.8. The highest BCUT2D eigenvalue weighted by atomic mass is 16.5. The number of hydrogen-bond acceptors (Lipinski definition) is 9. The summed E-state index contributed by atoms with van der Waals surface area (Å²) in [6.45, 7) is 9.67. The number of aromatic nitrogens is 6. The molecule has 0 atom stereocenters. The molecule has 0 saturated heterocycles. The fourth-order valence-electron chi connectivity index (χ4n) is 4.69. The van der Waals surface area contributed by atoms with Crippen LogP contribution in [0.15, 0.2) is 60.9 Å². The third-order valence-electron chi connectivity index (χ3n) is 6.55. The second kappa shape index (κ2) is 11.6. The summed E-state index contributed by atoms with van der Waals surface area (Å²) in [6.07, 6.45) is 3.41. The van der Waals surface area contributed by atoms with Crippen LogP contribution in [0.2, 0.25) is 0 Å². The van der Waals surface area contributed by atoms with E-state index in [2.05, 4.69) is 51.9 Å². The molecule has 0 amide bonds. The van der Waals surface area contributed by atoms with Gasteiger partial charge in [-0.25, -0.2) is 19.9 Å². The molecule has 0 unspecified atom stereocenters. The summed E-state index contributed by atoms with van der Waals surface area (Å²) in [5.41, 5.74) is 12.2. The lowest BCUT2D eigenvalue weighted by molar-refractivity contribution is 0.328. The van der Waals surface area contributed by atoms with Gasteiger partial charge in [-0.05, 0) is 69.7 Å². The maximum Gasteiger partial charge on any atom is 0.222 e. The third kappa shape index (κ3) is 5.51. The number of rotatable bonds is 10. The van der Waals surface area contributed by atoms with Crippen molar-refractivity contribution in [1.29, 1.82) is 0 Å². The van der Waals surface area contributed by atoms with Crippen LogP contribution in [0.25, 0.3) is 22.3 Å². The maximum atomic E-state index is 6.03. The van der Waals surface area contributed by atoms with Gasteiger partial charge in [-0.3, -0.25) is 4.68 Å². The highest BCUT2D eigenvalue weighted by molar-refractivity contribution is 5.93. The summed E-state index contributed by atoms with van der Waals surface area (Å²) in [4.78, 5) is 20.8. The Morgan fingerprint density at radius 1 is 1.00 bits per heavy atom. The van der Waals surface area contributed by atoms with Crippen LogP contribution >= 0.6 is 0 Å². The quantitative estimate of drug-likeness (QED) is 0.250. The highest BCUT2D eigenvalue weighted by Crippen LogP contribution is 2.37. The number of nitrogens with two attached hydrogens (primary N) is 1. The van der Waals surface area contributed by atoms with Crippen LogP contribution in [0.1, 0.15) is 43.9 Å². The van der Waals surface area contributed by atoms with Crippen molar-refractivity contribution in [2.75, 3.05) is 24.4 Å². The number of benzene rings is 1. The van der Waals surface area contributed by atoms with Crippen molar-refractivity contribution in [3.8, 4) is 22.9 Å². The fourth-order valence-corrected chi connectivity index (χ4v) is 4.69. The van der Waals surface area contributed by atoms with E-state index < -0.39 is 0 Å². The van der Waals surface area contributed by atoms with Gasteiger partial charge >= 0.3 is 0 Å². The van der Waals surface area contributed by atoms with Crippen molar-refractivity contribution >= 4 is 22.5 Å². The van der Waals surface area contributed by atoms with Crippen LogP contribution in [-0.2, 0) is 13.1 Å². The summed E-state index contributed by atoms with van der Waals surface area (Å²) in [5.74, 6) is 2.38. The zero-order valence-electron chi connectivity index (χ0n) is 23.5. The molecule has 0 aliphatic carbocycles. The molecule has 5 rings (SSSR count). The largest absolute Gasteiger partial charge is 0.497 e. The molecule has 0 saturated carbocycles. The van der Waals surface area contributed by atoms with Crippen molar-refractivity contribution in [3.05, 3.63) is 78.0 Å². The molecule has 2 N–H and O–H groups in total. The van der Waals surface area contributed by atoms with Crippen molar-refractivity contribution in [1.82, 2.24) is 29.7 Å². The Morgan fingerprint density at radius 2 is 1.80 bits per heavy atom. The number of pyridine rings is 2. The van der Waals surface area contributed by atoms with E-state index in [1.165, 1.54) is 0 Å². The predicted molar refractivity (Wildman–Crippen MR) is 156 cm³/mol. The Kier molecular flexibility index (Phi) is 7.77. The smallest absolute Gasteiger partial charge is 0.222 e. The molecule has 10 heteroatoms. The fraction of sp³-hybridized carbons (Fsp3) is 0.300. The average molecular weight is 539 g/mol. The number of ether oxygens (including phenoxy) is 2. The van der Waals surface area contributed by atoms with E-state index in [9.17, 15) is 0 Å². The lowest BCUT2D eigenvalue weighted by Crippen LogP contribution is -2.25. The van der Waals surface area contributed by atoms with Gasteiger partial charge in [0.05, 0.1) is 42.9 Å². The molecule has 0 aliphatic heterocycles. The van der Waals surface area contributed by atoms with Crippen molar-refractivity contribution < 1.29 is 9.47 Å². The summed E-state index contributed by atoms with van der Waals surface area (Å²) in [5, 5.41) is 4.89. The number of anilines is 2. The number of fused-ring (bicyclic) bond motifs is 1. The molecular weight excluding hydrogens is 504 g/mol. The van der Waals surface area contributed by atoms with E-state index >= 15 is 0 Å². The minimum absolute atomic E-state index is 0.117. The standard InChI is InChI=1S/C30H34N8O2/c1-6-40-30-23(8-7-14-33-30)24-16-25(29-28(34-24)20(4)36-38(29)19(2)3)37(18-27-32-15-13-26(31)35-27)17-21-9-11-22(39-5)12-10-21/h7-16,19H,6,17-18H2,1-5H3,(H2,31,32,35). The molecule has 5 aromatic rings. The first-order valence-electron chi connectivity index (χ1n) is 13.3. The Labute approximate surface area is 233 Å². The molecule has 0 spiro atoms. The minimum Gasteiger partial charge on any atom is -0.497 e. The van der Waals surface area contributed by atoms with Gasteiger partial charge in [-0.2, -0.15) is 5.10 Å². The van der Waals surface area contributed by atoms with Gasteiger partial charge in [0.1, 0.15) is 28.4 Å². The third-order valence-corrected chi connectivity index (χ3v) is 6.55. The first kappa shape index (κ1) is 26.9. The molecule has 0 aliphatic rings. The van der Waals surface area contributed by atoms with Gasteiger partial charge in [0.25, 0.3) is 0 Å². The zero-order valence-corrected chi connectivity index (χ0v) is 23.5. The molecular formula is C30H34N8O2. The lowest BCUT2D eigenvalue weighted by Gasteiger charge is -2.27. The molecule has 0 fully saturated rings. The Bertz CT molecular complexity index is 1610. The van der Waals surface area contributed by atoms with Gasteiger partial charge in [-0.1, -0.05) is 12.1 Å². The second-order valence-corrected chi connectivity index (χ2v) is 9.74. The van der Waals surface area contributed by atoms with Crippen LogP contribution < -0.4 is 20.1 Å². The summed E-state index contributed by atoms with van der Waals surface area (Å²) < 4.78 is 13.3. The predicted octanol–water partition coefficient (Wildman–Crippen LogP) is 5.37. The highest BCUT2D eigenvalue weighted by Gasteiger charge is 2.23. The van der Waals surface area contributed by atoms with Crippen LogP contribution in [-0.4, -0.2) is 43.4 Å². The van der Waals surface area contributed by atoms with Gasteiger partial charge in [0.15, 0.2) is 0 Å². The zero-order chi connectivity index (χ0) is 28.2. The van der Waals surface area contributed by atoms with E-state index in [1.807, 2.05) is 42.8 Å². The Morgan fingerprint density at radius 3 is 2.50 bits per heavy atom. The lowest BCUT2D eigenvalue weighted by atomic mass is 10.1. The molecule has 0 bridgehead atoms. The maximum absolute atomic E-state index is 6.03. The molecule has 40 heavy (non-hydrogen) atoms. The van der Waals surface area contributed by atoms with E-state index in [4.69, 9.17) is 25.3 Å². The number of methoxy groups -OCH3 is 1. The second-order valence-electron chi connectivity index (χ2n) is 9.74. The van der Waals surface area contributed by atoms with Gasteiger partial charge in [0.2, 0.25) is 5.88 Å². The summed E-state index contributed by atoms with van der Waals surface area (Å²) in [7, 11) is 1.66. The normalized spacial score (nSPS) is 11.2. The Balaban J connectivity index is 1.74. The number of aryl methyl sites for hydroxylation is 1. The number of nitrogens with zero attached hydrogens (tertiary/aromatic N) is 7. The van der Waals surface area contributed by atoms with E-state index in [-0.39, 0.29) is 6.04 Å². The minimum atomic E-state index is 0.117. The van der Waals surface area contributed by atoms with Gasteiger partial charge in [-0.15, -0.1) is 0 Å². The average Bonchev–Trinajstić information content (AvgIpc) is 3.30. The van der Waals surface area contributed by atoms with E-state index in [0.29, 0.717) is 37.2 Å². The van der Waals surface area contributed by atoms with Gasteiger partial charge < -0.3 is 20.1 Å². The van der Waals surface area contributed by atoms with Crippen LogP contribution in [0.4, 0.5) is 11.5 Å². The van der Waals surface area contributed by atoms with Crippen LogP contribution in [0.5, 0.6) is 11.6 Å². The van der Waals surface area contributed by atoms with Crippen LogP contribution in [0.3, 0.4) is 0 Å². The van der Waals surface area contributed by atoms with Crippen molar-refractivity contribution in [2.24, 2.45) is 0 Å². The molecule has 4 aromatic heterocycles. The van der Waals surface area contributed by atoms with Crippen LogP contribution in [0, 0.1) is 6.92 Å². The number of nitrogen functional groups attached to an aromatic ring is 1. The molecule has 10 nitrogen and oxygen atoms in total. The van der Waals surface area contributed by atoms with Gasteiger partial charge in [0, 0.05) is 25.0 Å². The van der Waals surface area contributed by atoms with Crippen molar-refractivity contribution in [2.45, 2.75) is 46.8 Å². The molecule has 206 valence electrons. The topological polar surface area (TPSA) is 117 Å². The van der Waals surface area contributed by atoms with E-state index in [0.717, 1.165) is 45.0 Å². The van der Waals surface area contributed by atoms with E-state index in [1.54, 1.807) is 25.6 Å². The SMILES string of the molecule is CCOc1ncccc1-c1cc(N(Cc2ccc(OC)cc2)Cc2nccc(N)n2)c2c(n1)c(C)nn2C(C)C. The Hall–Kier alpha value is -4.73. The monoisotopic (exact) mass is 538 g/mol. The number of hydrogen-bond donors (Lipinski definition) is 1. The van der Waals surface area contributed by atoms with Crippen molar-refractivity contribution in [3.63, 3.8) is 0 Å². The first-order chi connectivity index (χ1) is 19.4. The molecule has 4 heterocycles. The first-order valence-corrected chi connectivity index (χ1v) is 13.3. The molecule has 1 aromatic carbocycles.